The maximum atomic E-state index is 12.5. The lowest BCUT2D eigenvalue weighted by molar-refractivity contribution is 0.102. The fraction of sp³-hybridized carbons (Fsp3) is 0.143. The van der Waals surface area contributed by atoms with E-state index >= 15 is 0 Å². The fourth-order valence-corrected chi connectivity index (χ4v) is 2.83. The molecule has 0 spiro atoms. The Balaban J connectivity index is 1.50. The van der Waals surface area contributed by atoms with Crippen molar-refractivity contribution in [3.8, 4) is 22.8 Å². The van der Waals surface area contributed by atoms with Gasteiger partial charge in [0.2, 0.25) is 0 Å². The second-order valence-corrected chi connectivity index (χ2v) is 6.11. The van der Waals surface area contributed by atoms with Crippen LogP contribution in [0.3, 0.4) is 0 Å². The summed E-state index contributed by atoms with van der Waals surface area (Å²) in [6, 6.07) is 17.1. The molecule has 4 rings (SSSR count). The molecule has 0 saturated carbocycles. The number of rotatable bonds is 3. The molecule has 0 fully saturated rings. The normalized spacial score (nSPS) is 12.5. The number of carbonyl (C=O) groups is 1. The number of benzene rings is 2. The minimum Gasteiger partial charge on any atom is -0.486 e. The molecule has 0 atom stereocenters. The Morgan fingerprint density at radius 2 is 1.85 bits per heavy atom. The molecule has 1 amide bonds. The Bertz CT molecular complexity index is 952. The first-order valence-electron chi connectivity index (χ1n) is 8.43. The molecule has 2 heterocycles. The van der Waals surface area contributed by atoms with Gasteiger partial charge in [-0.05, 0) is 37.3 Å². The number of ether oxygens (including phenoxy) is 2. The lowest BCUT2D eigenvalue weighted by Gasteiger charge is -2.19. The highest BCUT2D eigenvalue weighted by atomic mass is 16.6. The van der Waals surface area contributed by atoms with E-state index in [-0.39, 0.29) is 5.91 Å². The summed E-state index contributed by atoms with van der Waals surface area (Å²) in [5.41, 5.74) is 4.19. The van der Waals surface area contributed by atoms with Crippen LogP contribution < -0.4 is 14.8 Å². The molecule has 0 radical (unpaired) electrons. The number of aryl methyl sites for hydroxylation is 1. The summed E-state index contributed by atoms with van der Waals surface area (Å²) in [6.07, 6.45) is 1.59. The van der Waals surface area contributed by atoms with Gasteiger partial charge >= 0.3 is 0 Å². The SMILES string of the molecule is Cc1cccc(-c2ccc(C(=O)Nc3ccc4c(c3)OCCO4)cn2)c1. The Kier molecular flexibility index (Phi) is 4.27. The summed E-state index contributed by atoms with van der Waals surface area (Å²) in [5.74, 6) is 1.12. The van der Waals surface area contributed by atoms with Crippen LogP contribution in [0, 0.1) is 6.92 Å². The molecule has 2 aromatic carbocycles. The largest absolute Gasteiger partial charge is 0.486 e. The summed E-state index contributed by atoms with van der Waals surface area (Å²) in [5, 5.41) is 2.86. The number of pyridine rings is 1. The van der Waals surface area contributed by atoms with Gasteiger partial charge in [-0.2, -0.15) is 0 Å². The van der Waals surface area contributed by atoms with Gasteiger partial charge in [-0.1, -0.05) is 23.8 Å². The van der Waals surface area contributed by atoms with Gasteiger partial charge in [0.05, 0.1) is 11.3 Å². The van der Waals surface area contributed by atoms with Crippen molar-refractivity contribution >= 4 is 11.6 Å². The third kappa shape index (κ3) is 3.37. The van der Waals surface area contributed by atoms with Gasteiger partial charge in [-0.3, -0.25) is 9.78 Å². The number of carbonyl (C=O) groups excluding carboxylic acids is 1. The first-order chi connectivity index (χ1) is 12.7. The fourth-order valence-electron chi connectivity index (χ4n) is 2.83. The number of fused-ring (bicyclic) bond motifs is 1. The zero-order valence-corrected chi connectivity index (χ0v) is 14.4. The van der Waals surface area contributed by atoms with Gasteiger partial charge in [0.1, 0.15) is 13.2 Å². The van der Waals surface area contributed by atoms with E-state index in [9.17, 15) is 4.79 Å². The number of nitrogens with zero attached hydrogens (tertiary/aromatic N) is 1. The maximum Gasteiger partial charge on any atom is 0.257 e. The van der Waals surface area contributed by atoms with Crippen LogP contribution in [0.5, 0.6) is 11.5 Å². The second-order valence-electron chi connectivity index (χ2n) is 6.11. The average Bonchev–Trinajstić information content (AvgIpc) is 2.68. The van der Waals surface area contributed by atoms with Crippen molar-refractivity contribution in [1.29, 1.82) is 0 Å². The number of amides is 1. The van der Waals surface area contributed by atoms with E-state index in [1.165, 1.54) is 5.56 Å². The molecule has 26 heavy (non-hydrogen) atoms. The number of nitrogens with one attached hydrogen (secondary N) is 1. The molecule has 5 nitrogen and oxygen atoms in total. The van der Waals surface area contributed by atoms with Crippen LogP contribution in [0.25, 0.3) is 11.3 Å². The van der Waals surface area contributed by atoms with E-state index in [4.69, 9.17) is 9.47 Å². The Labute approximate surface area is 151 Å². The van der Waals surface area contributed by atoms with E-state index < -0.39 is 0 Å². The summed E-state index contributed by atoms with van der Waals surface area (Å²) in [4.78, 5) is 16.9. The van der Waals surface area contributed by atoms with Gasteiger partial charge in [0.15, 0.2) is 11.5 Å². The van der Waals surface area contributed by atoms with Crippen molar-refractivity contribution in [2.75, 3.05) is 18.5 Å². The minimum atomic E-state index is -0.218. The van der Waals surface area contributed by atoms with Gasteiger partial charge in [-0.15, -0.1) is 0 Å². The van der Waals surface area contributed by atoms with Crippen molar-refractivity contribution in [2.45, 2.75) is 6.92 Å². The Morgan fingerprint density at radius 1 is 1.00 bits per heavy atom. The first-order valence-corrected chi connectivity index (χ1v) is 8.43. The predicted molar refractivity (Wildman–Crippen MR) is 99.8 cm³/mol. The van der Waals surface area contributed by atoms with E-state index in [0.29, 0.717) is 36.0 Å². The first kappa shape index (κ1) is 16.1. The second kappa shape index (κ2) is 6.88. The molecule has 0 aliphatic carbocycles. The smallest absolute Gasteiger partial charge is 0.257 e. The summed E-state index contributed by atoms with van der Waals surface area (Å²) in [6.45, 7) is 3.09. The monoisotopic (exact) mass is 346 g/mol. The molecule has 5 heteroatoms. The van der Waals surface area contributed by atoms with Crippen LogP contribution in [0.4, 0.5) is 5.69 Å². The molecule has 0 bridgehead atoms. The van der Waals surface area contributed by atoms with Crippen molar-refractivity contribution in [3.05, 3.63) is 71.9 Å². The zero-order valence-electron chi connectivity index (χ0n) is 14.4. The van der Waals surface area contributed by atoms with Crippen molar-refractivity contribution in [3.63, 3.8) is 0 Å². The van der Waals surface area contributed by atoms with Gasteiger partial charge in [0, 0.05) is 23.5 Å². The highest BCUT2D eigenvalue weighted by Gasteiger charge is 2.13. The van der Waals surface area contributed by atoms with Gasteiger partial charge in [0.25, 0.3) is 5.91 Å². The van der Waals surface area contributed by atoms with Crippen LogP contribution >= 0.6 is 0 Å². The lowest BCUT2D eigenvalue weighted by Crippen LogP contribution is -2.16. The zero-order chi connectivity index (χ0) is 17.9. The van der Waals surface area contributed by atoms with Crippen LogP contribution in [0.2, 0.25) is 0 Å². The quantitative estimate of drug-likeness (QED) is 0.776. The molecule has 1 aromatic heterocycles. The summed E-state index contributed by atoms with van der Waals surface area (Å²) < 4.78 is 11.0. The average molecular weight is 346 g/mol. The molecular formula is C21H18N2O3. The van der Waals surface area contributed by atoms with Gasteiger partial charge < -0.3 is 14.8 Å². The van der Waals surface area contributed by atoms with Crippen LogP contribution in [-0.4, -0.2) is 24.1 Å². The highest BCUT2D eigenvalue weighted by molar-refractivity contribution is 6.04. The van der Waals surface area contributed by atoms with E-state index in [1.54, 1.807) is 30.5 Å². The molecule has 3 aromatic rings. The topological polar surface area (TPSA) is 60.5 Å². The maximum absolute atomic E-state index is 12.5. The highest BCUT2D eigenvalue weighted by Crippen LogP contribution is 2.32. The van der Waals surface area contributed by atoms with Crippen LogP contribution in [-0.2, 0) is 0 Å². The third-order valence-electron chi connectivity index (χ3n) is 4.14. The molecule has 0 saturated heterocycles. The molecular weight excluding hydrogens is 328 g/mol. The van der Waals surface area contributed by atoms with Crippen molar-refractivity contribution in [1.82, 2.24) is 4.98 Å². The minimum absolute atomic E-state index is 0.218. The number of anilines is 1. The molecule has 0 unspecified atom stereocenters. The molecule has 1 aliphatic rings. The van der Waals surface area contributed by atoms with Crippen molar-refractivity contribution in [2.24, 2.45) is 0 Å². The number of hydrogen-bond donors (Lipinski definition) is 1. The Hall–Kier alpha value is -3.34. The number of hydrogen-bond acceptors (Lipinski definition) is 4. The summed E-state index contributed by atoms with van der Waals surface area (Å²) in [7, 11) is 0. The number of aromatic nitrogens is 1. The van der Waals surface area contributed by atoms with E-state index in [1.807, 2.05) is 31.2 Å². The lowest BCUT2D eigenvalue weighted by atomic mass is 10.1. The standard InChI is InChI=1S/C21H18N2O3/c1-14-3-2-4-15(11-14)18-7-5-16(13-22-18)21(24)23-17-6-8-19-20(12-17)26-10-9-25-19/h2-8,11-13H,9-10H2,1H3,(H,23,24). The van der Waals surface area contributed by atoms with Gasteiger partial charge in [-0.25, -0.2) is 0 Å². The Morgan fingerprint density at radius 3 is 2.62 bits per heavy atom. The van der Waals surface area contributed by atoms with Crippen LogP contribution in [0.15, 0.2) is 60.8 Å². The third-order valence-corrected chi connectivity index (χ3v) is 4.14. The van der Waals surface area contributed by atoms with Crippen LogP contribution in [0.1, 0.15) is 15.9 Å². The van der Waals surface area contributed by atoms with E-state index in [0.717, 1.165) is 11.3 Å². The molecule has 130 valence electrons. The van der Waals surface area contributed by atoms with Crippen molar-refractivity contribution < 1.29 is 14.3 Å². The molecule has 1 N–H and O–H groups in total. The van der Waals surface area contributed by atoms with E-state index in [2.05, 4.69) is 16.4 Å². The predicted octanol–water partition coefficient (Wildman–Crippen LogP) is 4.08. The molecule has 1 aliphatic heterocycles. The summed E-state index contributed by atoms with van der Waals surface area (Å²) >= 11 is 0.